The van der Waals surface area contributed by atoms with Gasteiger partial charge < -0.3 is 16.2 Å². The molecule has 2 aromatic carbocycles. The van der Waals surface area contributed by atoms with Gasteiger partial charge in [0.05, 0.1) is 10.6 Å². The fourth-order valence-electron chi connectivity index (χ4n) is 1.97. The molecule has 9 heteroatoms. The summed E-state index contributed by atoms with van der Waals surface area (Å²) >= 11 is 0. The maximum Gasteiger partial charge on any atom is 0.409 e. The lowest BCUT2D eigenvalue weighted by Crippen LogP contribution is -2.11. The molecule has 0 aliphatic carbocycles. The van der Waals surface area contributed by atoms with Crippen LogP contribution in [-0.4, -0.2) is 16.1 Å². The van der Waals surface area contributed by atoms with E-state index in [2.05, 4.69) is 5.32 Å². The van der Waals surface area contributed by atoms with Gasteiger partial charge in [-0.2, -0.15) is 0 Å². The average Bonchev–Trinajstić information content (AvgIpc) is 2.48. The third-order valence-electron chi connectivity index (χ3n) is 3.04. The molecule has 0 heterocycles. The van der Waals surface area contributed by atoms with E-state index in [9.17, 15) is 19.3 Å². The number of benzene rings is 2. The van der Waals surface area contributed by atoms with Crippen LogP contribution >= 0.6 is 0 Å². The molecule has 0 bridgehead atoms. The molecule has 5 N–H and O–H groups in total. The van der Waals surface area contributed by atoms with Crippen LogP contribution in [0.5, 0.6) is 0 Å². The second-order valence-electron chi connectivity index (χ2n) is 4.59. The summed E-state index contributed by atoms with van der Waals surface area (Å²) in [5.74, 6) is -0.381. The summed E-state index contributed by atoms with van der Waals surface area (Å²) in [6, 6.07) is 8.31. The third-order valence-corrected chi connectivity index (χ3v) is 3.04. The van der Waals surface area contributed by atoms with Gasteiger partial charge in [0.15, 0.2) is 0 Å². The summed E-state index contributed by atoms with van der Waals surface area (Å²) < 4.78 is 12.8. The molecule has 0 aliphatic heterocycles. The molecule has 2 aromatic rings. The summed E-state index contributed by atoms with van der Waals surface area (Å²) in [6.07, 6.45) is -1.38. The summed E-state index contributed by atoms with van der Waals surface area (Å²) in [6.45, 7) is 0.215. The van der Waals surface area contributed by atoms with Crippen LogP contribution < -0.4 is 16.4 Å². The fraction of sp³-hybridized carbons (Fsp3) is 0.0714. The Balaban J connectivity index is 2.27. The van der Waals surface area contributed by atoms with Crippen LogP contribution in [0.2, 0.25) is 0 Å². The van der Waals surface area contributed by atoms with Crippen molar-refractivity contribution in [3.05, 3.63) is 57.9 Å². The van der Waals surface area contributed by atoms with Gasteiger partial charge in [0.2, 0.25) is 0 Å². The van der Waals surface area contributed by atoms with Crippen molar-refractivity contribution in [2.24, 2.45) is 0 Å². The highest BCUT2D eigenvalue weighted by molar-refractivity contribution is 5.93. The van der Waals surface area contributed by atoms with Crippen molar-refractivity contribution in [2.75, 3.05) is 16.4 Å². The Labute approximate surface area is 129 Å². The number of nitrogens with two attached hydrogens (primary N) is 1. The van der Waals surface area contributed by atoms with E-state index in [1.807, 2.05) is 5.32 Å². The zero-order valence-electron chi connectivity index (χ0n) is 11.7. The number of hydrogen-bond donors (Lipinski definition) is 4. The van der Waals surface area contributed by atoms with Gasteiger partial charge in [0.25, 0.3) is 0 Å². The summed E-state index contributed by atoms with van der Waals surface area (Å²) in [5, 5.41) is 24.7. The first-order valence-corrected chi connectivity index (χ1v) is 6.43. The predicted molar refractivity (Wildman–Crippen MR) is 82.9 cm³/mol. The molecule has 0 atom stereocenters. The Bertz CT molecular complexity index is 749. The zero-order chi connectivity index (χ0) is 17.0. The Morgan fingerprint density at radius 2 is 1.83 bits per heavy atom. The van der Waals surface area contributed by atoms with Crippen molar-refractivity contribution < 1.29 is 19.2 Å². The topological polar surface area (TPSA) is 131 Å². The number of hydrogen-bond acceptors (Lipinski definition) is 5. The molecule has 0 aliphatic rings. The molecule has 0 fully saturated rings. The lowest BCUT2D eigenvalue weighted by Gasteiger charge is -2.11. The molecule has 0 spiro atoms. The number of amides is 1. The highest BCUT2D eigenvalue weighted by atomic mass is 19.1. The average molecular weight is 320 g/mol. The highest BCUT2D eigenvalue weighted by Gasteiger charge is 2.22. The van der Waals surface area contributed by atoms with Crippen molar-refractivity contribution in [3.8, 4) is 0 Å². The number of nitrogens with one attached hydrogen (secondary N) is 2. The molecule has 23 heavy (non-hydrogen) atoms. The second kappa shape index (κ2) is 6.60. The molecular formula is C14H13FN4O4. The molecule has 2 rings (SSSR count). The van der Waals surface area contributed by atoms with E-state index in [1.54, 1.807) is 0 Å². The Kier molecular flexibility index (Phi) is 4.60. The number of nitro groups is 1. The minimum absolute atomic E-state index is 0.0727. The van der Waals surface area contributed by atoms with Gasteiger partial charge in [0.1, 0.15) is 17.2 Å². The quantitative estimate of drug-likeness (QED) is 0.380. The van der Waals surface area contributed by atoms with Crippen LogP contribution in [0.25, 0.3) is 0 Å². The number of anilines is 3. The van der Waals surface area contributed by atoms with Crippen molar-refractivity contribution in [1.82, 2.24) is 0 Å². The Morgan fingerprint density at radius 1 is 1.22 bits per heavy atom. The number of carbonyl (C=O) groups is 1. The maximum absolute atomic E-state index is 12.8. The number of carboxylic acid groups (broad SMARTS) is 1. The first-order chi connectivity index (χ1) is 10.9. The van der Waals surface area contributed by atoms with Crippen LogP contribution in [0.4, 0.5) is 31.9 Å². The van der Waals surface area contributed by atoms with Crippen LogP contribution in [0.1, 0.15) is 5.56 Å². The van der Waals surface area contributed by atoms with E-state index < -0.39 is 16.7 Å². The molecule has 0 aromatic heterocycles. The number of nitrogen functional groups attached to an aromatic ring is 1. The lowest BCUT2D eigenvalue weighted by molar-refractivity contribution is -0.382. The number of nitro benzene ring substituents is 1. The van der Waals surface area contributed by atoms with E-state index in [4.69, 9.17) is 10.8 Å². The largest absolute Gasteiger partial charge is 0.465 e. The van der Waals surface area contributed by atoms with E-state index >= 15 is 0 Å². The molecule has 8 nitrogen and oxygen atoms in total. The van der Waals surface area contributed by atoms with Gasteiger partial charge in [0, 0.05) is 6.54 Å². The van der Waals surface area contributed by atoms with E-state index in [0.717, 1.165) is 0 Å². The molecule has 120 valence electrons. The van der Waals surface area contributed by atoms with Gasteiger partial charge in [-0.25, -0.2) is 9.18 Å². The SMILES string of the molecule is Nc1c(NC(=O)O)ccc(NCc2ccc(F)cc2)c1[N+](=O)[O-]. The smallest absolute Gasteiger partial charge is 0.409 e. The molecule has 0 saturated heterocycles. The third kappa shape index (κ3) is 3.84. The van der Waals surface area contributed by atoms with Gasteiger partial charge in [-0.3, -0.25) is 15.4 Å². The van der Waals surface area contributed by atoms with Gasteiger partial charge in [-0.15, -0.1) is 0 Å². The van der Waals surface area contributed by atoms with E-state index in [0.29, 0.717) is 5.56 Å². The van der Waals surface area contributed by atoms with Crippen LogP contribution in [0, 0.1) is 15.9 Å². The number of rotatable bonds is 5. The van der Waals surface area contributed by atoms with Crippen LogP contribution in [0.3, 0.4) is 0 Å². The van der Waals surface area contributed by atoms with Crippen LogP contribution in [-0.2, 0) is 6.54 Å². The van der Waals surface area contributed by atoms with Crippen molar-refractivity contribution in [2.45, 2.75) is 6.54 Å². The monoisotopic (exact) mass is 320 g/mol. The second-order valence-corrected chi connectivity index (χ2v) is 4.59. The van der Waals surface area contributed by atoms with Gasteiger partial charge in [-0.05, 0) is 29.8 Å². The predicted octanol–water partition coefficient (Wildman–Crippen LogP) is 3.02. The highest BCUT2D eigenvalue weighted by Crippen LogP contribution is 2.36. The Morgan fingerprint density at radius 3 is 2.39 bits per heavy atom. The van der Waals surface area contributed by atoms with Crippen LogP contribution in [0.15, 0.2) is 36.4 Å². The summed E-state index contributed by atoms with van der Waals surface area (Å²) in [4.78, 5) is 21.1. The van der Waals surface area contributed by atoms with Gasteiger partial charge >= 0.3 is 11.8 Å². The Hall–Kier alpha value is -3.36. The van der Waals surface area contributed by atoms with E-state index in [-0.39, 0.29) is 29.4 Å². The van der Waals surface area contributed by atoms with Crippen molar-refractivity contribution in [1.29, 1.82) is 0 Å². The standard InChI is InChI=1S/C14H13FN4O4/c15-9-3-1-8(2-4-9)7-17-11-6-5-10(18-14(20)21)12(16)13(11)19(22)23/h1-6,17-18H,7,16H2,(H,20,21). The fourth-order valence-corrected chi connectivity index (χ4v) is 1.97. The van der Waals surface area contributed by atoms with Crippen molar-refractivity contribution in [3.63, 3.8) is 0 Å². The molecule has 0 unspecified atom stereocenters. The summed E-state index contributed by atoms with van der Waals surface area (Å²) in [5.41, 5.74) is 5.72. The molecule has 0 radical (unpaired) electrons. The van der Waals surface area contributed by atoms with Gasteiger partial charge in [-0.1, -0.05) is 12.1 Å². The zero-order valence-corrected chi connectivity index (χ0v) is 11.7. The molecule has 0 saturated carbocycles. The number of halogens is 1. The minimum atomic E-state index is -1.38. The minimum Gasteiger partial charge on any atom is -0.465 e. The molecular weight excluding hydrogens is 307 g/mol. The van der Waals surface area contributed by atoms with Crippen molar-refractivity contribution >= 4 is 28.8 Å². The van der Waals surface area contributed by atoms with E-state index in [1.165, 1.54) is 36.4 Å². The number of nitrogens with zero attached hydrogens (tertiary/aromatic N) is 1. The first kappa shape index (κ1) is 16.0. The first-order valence-electron chi connectivity index (χ1n) is 6.43. The normalized spacial score (nSPS) is 10.1. The lowest BCUT2D eigenvalue weighted by atomic mass is 10.1. The molecule has 1 amide bonds. The summed E-state index contributed by atoms with van der Waals surface area (Å²) in [7, 11) is 0. The maximum atomic E-state index is 12.8.